The summed E-state index contributed by atoms with van der Waals surface area (Å²) in [6.07, 6.45) is 1.09. The topological polar surface area (TPSA) is 9.23 Å². The first-order chi connectivity index (χ1) is 7.33. The molecule has 15 heavy (non-hydrogen) atoms. The highest BCUT2D eigenvalue weighted by molar-refractivity contribution is 5.83. The maximum Gasteiger partial charge on any atom is 0.0713 e. The molecule has 0 N–H and O–H groups in total. The first-order valence-corrected chi connectivity index (χ1v) is 5.34. The smallest absolute Gasteiger partial charge is 0.0713 e. The standard InChI is InChI=1S/C14H16O/c1-3-11-4-6-14-9-12(10-15-2)5-7-13(14)8-11/h4-9H,3,10H2,1-2H3. The largest absolute Gasteiger partial charge is 0.380 e. The molecule has 0 fully saturated rings. The minimum atomic E-state index is 0.686. The van der Waals surface area contributed by atoms with Crippen LogP contribution in [0.4, 0.5) is 0 Å². The fourth-order valence-corrected chi connectivity index (χ4v) is 1.82. The number of rotatable bonds is 3. The van der Waals surface area contributed by atoms with Gasteiger partial charge in [0.05, 0.1) is 6.61 Å². The van der Waals surface area contributed by atoms with Gasteiger partial charge in [-0.25, -0.2) is 0 Å². The van der Waals surface area contributed by atoms with Gasteiger partial charge in [-0.05, 0) is 34.4 Å². The average molecular weight is 200 g/mol. The van der Waals surface area contributed by atoms with Crippen LogP contribution in [-0.4, -0.2) is 7.11 Å². The Bertz CT molecular complexity index is 460. The molecule has 0 spiro atoms. The quantitative estimate of drug-likeness (QED) is 0.736. The Hall–Kier alpha value is -1.34. The van der Waals surface area contributed by atoms with Crippen molar-refractivity contribution in [1.82, 2.24) is 0 Å². The summed E-state index contributed by atoms with van der Waals surface area (Å²) >= 11 is 0. The molecule has 0 heterocycles. The fourth-order valence-electron chi connectivity index (χ4n) is 1.82. The van der Waals surface area contributed by atoms with Crippen LogP contribution in [0.2, 0.25) is 0 Å². The summed E-state index contributed by atoms with van der Waals surface area (Å²) in [5, 5.41) is 2.61. The predicted octanol–water partition coefficient (Wildman–Crippen LogP) is 3.55. The summed E-state index contributed by atoms with van der Waals surface area (Å²) in [7, 11) is 1.73. The summed E-state index contributed by atoms with van der Waals surface area (Å²) in [5.74, 6) is 0. The van der Waals surface area contributed by atoms with Crippen LogP contribution in [0.1, 0.15) is 18.1 Å². The minimum absolute atomic E-state index is 0.686. The lowest BCUT2D eigenvalue weighted by Crippen LogP contribution is -1.87. The number of ether oxygens (including phenoxy) is 1. The highest BCUT2D eigenvalue weighted by Gasteiger charge is 1.97. The van der Waals surface area contributed by atoms with Crippen molar-refractivity contribution in [2.45, 2.75) is 20.0 Å². The van der Waals surface area contributed by atoms with E-state index in [1.165, 1.54) is 21.9 Å². The molecule has 2 rings (SSSR count). The molecular weight excluding hydrogens is 184 g/mol. The lowest BCUT2D eigenvalue weighted by atomic mass is 10.0. The van der Waals surface area contributed by atoms with E-state index in [-0.39, 0.29) is 0 Å². The van der Waals surface area contributed by atoms with Gasteiger partial charge in [0.1, 0.15) is 0 Å². The van der Waals surface area contributed by atoms with Crippen LogP contribution in [0, 0.1) is 0 Å². The van der Waals surface area contributed by atoms with Crippen molar-refractivity contribution in [1.29, 1.82) is 0 Å². The monoisotopic (exact) mass is 200 g/mol. The summed E-state index contributed by atoms with van der Waals surface area (Å²) in [5.41, 5.74) is 2.62. The van der Waals surface area contributed by atoms with E-state index in [1.54, 1.807) is 7.11 Å². The van der Waals surface area contributed by atoms with Crippen molar-refractivity contribution in [3.05, 3.63) is 47.5 Å². The third-order valence-corrected chi connectivity index (χ3v) is 2.69. The predicted molar refractivity (Wildman–Crippen MR) is 64.0 cm³/mol. The number of hydrogen-bond acceptors (Lipinski definition) is 1. The molecular formula is C14H16O. The van der Waals surface area contributed by atoms with E-state index in [0.717, 1.165) is 6.42 Å². The molecule has 0 unspecified atom stereocenters. The SMILES string of the molecule is CCc1ccc2cc(COC)ccc2c1. The van der Waals surface area contributed by atoms with Crippen LogP contribution in [0.5, 0.6) is 0 Å². The van der Waals surface area contributed by atoms with Gasteiger partial charge in [0.25, 0.3) is 0 Å². The van der Waals surface area contributed by atoms with Gasteiger partial charge in [0.15, 0.2) is 0 Å². The van der Waals surface area contributed by atoms with E-state index < -0.39 is 0 Å². The Balaban J connectivity index is 2.45. The lowest BCUT2D eigenvalue weighted by molar-refractivity contribution is 0.185. The molecule has 0 bridgehead atoms. The van der Waals surface area contributed by atoms with Crippen LogP contribution in [0.15, 0.2) is 36.4 Å². The third-order valence-electron chi connectivity index (χ3n) is 2.69. The average Bonchev–Trinajstić information content (AvgIpc) is 2.29. The van der Waals surface area contributed by atoms with Gasteiger partial charge in [0.2, 0.25) is 0 Å². The van der Waals surface area contributed by atoms with Gasteiger partial charge in [-0.3, -0.25) is 0 Å². The van der Waals surface area contributed by atoms with Crippen molar-refractivity contribution in [3.8, 4) is 0 Å². The summed E-state index contributed by atoms with van der Waals surface area (Å²) in [6.45, 7) is 2.87. The summed E-state index contributed by atoms with van der Waals surface area (Å²) < 4.78 is 5.12. The zero-order chi connectivity index (χ0) is 10.7. The molecule has 0 amide bonds. The molecule has 0 aliphatic carbocycles. The second-order valence-corrected chi connectivity index (χ2v) is 3.80. The molecule has 0 saturated carbocycles. The van der Waals surface area contributed by atoms with E-state index in [0.29, 0.717) is 6.61 Å². The Morgan fingerprint density at radius 2 is 1.53 bits per heavy atom. The van der Waals surface area contributed by atoms with E-state index >= 15 is 0 Å². The summed E-state index contributed by atoms with van der Waals surface area (Å²) in [4.78, 5) is 0. The zero-order valence-electron chi connectivity index (χ0n) is 9.29. The molecule has 0 saturated heterocycles. The molecule has 78 valence electrons. The molecule has 0 radical (unpaired) electrons. The van der Waals surface area contributed by atoms with Crippen molar-refractivity contribution < 1.29 is 4.74 Å². The first-order valence-electron chi connectivity index (χ1n) is 5.34. The Labute approximate surface area is 90.7 Å². The van der Waals surface area contributed by atoms with E-state index in [1.807, 2.05) is 0 Å². The van der Waals surface area contributed by atoms with Crippen molar-refractivity contribution >= 4 is 10.8 Å². The highest BCUT2D eigenvalue weighted by Crippen LogP contribution is 2.18. The maximum absolute atomic E-state index is 5.12. The number of benzene rings is 2. The van der Waals surface area contributed by atoms with Crippen molar-refractivity contribution in [2.24, 2.45) is 0 Å². The molecule has 1 heteroatoms. The van der Waals surface area contributed by atoms with Crippen molar-refractivity contribution in [2.75, 3.05) is 7.11 Å². The zero-order valence-corrected chi connectivity index (χ0v) is 9.29. The van der Waals surface area contributed by atoms with Crippen LogP contribution in [0.25, 0.3) is 10.8 Å². The Morgan fingerprint density at radius 1 is 0.933 bits per heavy atom. The van der Waals surface area contributed by atoms with E-state index in [2.05, 4.69) is 43.3 Å². The number of methoxy groups -OCH3 is 1. The molecule has 2 aromatic rings. The highest BCUT2D eigenvalue weighted by atomic mass is 16.5. The van der Waals surface area contributed by atoms with Crippen LogP contribution >= 0.6 is 0 Å². The Kier molecular flexibility index (Phi) is 3.02. The molecule has 1 nitrogen and oxygen atoms in total. The third kappa shape index (κ3) is 2.18. The lowest BCUT2D eigenvalue weighted by Gasteiger charge is -2.04. The number of fused-ring (bicyclic) bond motifs is 1. The Morgan fingerprint density at radius 3 is 2.13 bits per heavy atom. The van der Waals surface area contributed by atoms with Gasteiger partial charge in [-0.1, -0.05) is 37.3 Å². The van der Waals surface area contributed by atoms with Crippen LogP contribution in [0.3, 0.4) is 0 Å². The van der Waals surface area contributed by atoms with E-state index in [4.69, 9.17) is 4.74 Å². The van der Waals surface area contributed by atoms with Gasteiger partial charge >= 0.3 is 0 Å². The normalized spacial score (nSPS) is 10.8. The fraction of sp³-hybridized carbons (Fsp3) is 0.286. The minimum Gasteiger partial charge on any atom is -0.380 e. The second-order valence-electron chi connectivity index (χ2n) is 3.80. The number of aryl methyl sites for hydroxylation is 1. The van der Waals surface area contributed by atoms with Crippen molar-refractivity contribution in [3.63, 3.8) is 0 Å². The van der Waals surface area contributed by atoms with Gasteiger partial charge in [0, 0.05) is 7.11 Å². The van der Waals surface area contributed by atoms with Crippen LogP contribution < -0.4 is 0 Å². The molecule has 0 aliphatic heterocycles. The molecule has 0 aliphatic rings. The second kappa shape index (κ2) is 4.45. The van der Waals surface area contributed by atoms with Gasteiger partial charge in [-0.15, -0.1) is 0 Å². The molecule has 0 aromatic heterocycles. The van der Waals surface area contributed by atoms with Gasteiger partial charge < -0.3 is 4.74 Å². The molecule has 0 atom stereocenters. The van der Waals surface area contributed by atoms with Crippen LogP contribution in [-0.2, 0) is 17.8 Å². The maximum atomic E-state index is 5.12. The first kappa shape index (κ1) is 10.2. The summed E-state index contributed by atoms with van der Waals surface area (Å²) in [6, 6.07) is 13.1. The molecule has 2 aromatic carbocycles. The van der Waals surface area contributed by atoms with Gasteiger partial charge in [-0.2, -0.15) is 0 Å². The number of hydrogen-bond donors (Lipinski definition) is 0. The van der Waals surface area contributed by atoms with E-state index in [9.17, 15) is 0 Å².